The second-order valence-corrected chi connectivity index (χ2v) is 6.11. The number of ether oxygens (including phenoxy) is 1. The number of ketones is 1. The summed E-state index contributed by atoms with van der Waals surface area (Å²) in [6.45, 7) is -0.284. The van der Waals surface area contributed by atoms with E-state index in [4.69, 9.17) is 16.3 Å². The van der Waals surface area contributed by atoms with Crippen LogP contribution in [0.3, 0.4) is 0 Å². The molecule has 0 heterocycles. The average molecular weight is 384 g/mol. The molecule has 3 rings (SSSR count). The molecular formula is C21H15ClFNO3. The Kier molecular flexibility index (Phi) is 5.84. The number of benzene rings is 3. The van der Waals surface area contributed by atoms with Crippen LogP contribution >= 0.6 is 11.6 Å². The first-order valence-electron chi connectivity index (χ1n) is 8.10. The molecule has 27 heavy (non-hydrogen) atoms. The lowest BCUT2D eigenvalue weighted by Gasteiger charge is -2.12. The van der Waals surface area contributed by atoms with Crippen molar-refractivity contribution in [3.63, 3.8) is 0 Å². The molecular weight excluding hydrogens is 369 g/mol. The van der Waals surface area contributed by atoms with Gasteiger partial charge in [0.1, 0.15) is 11.6 Å². The monoisotopic (exact) mass is 383 g/mol. The van der Waals surface area contributed by atoms with Gasteiger partial charge in [0.25, 0.3) is 5.91 Å². The van der Waals surface area contributed by atoms with E-state index in [1.165, 1.54) is 30.3 Å². The summed E-state index contributed by atoms with van der Waals surface area (Å²) in [5, 5.41) is 3.04. The average Bonchev–Trinajstić information content (AvgIpc) is 2.69. The highest BCUT2D eigenvalue weighted by atomic mass is 35.5. The topological polar surface area (TPSA) is 55.4 Å². The third-order valence-corrected chi connectivity index (χ3v) is 3.95. The van der Waals surface area contributed by atoms with Crippen LogP contribution in [0.5, 0.6) is 5.75 Å². The molecule has 1 N–H and O–H groups in total. The first-order valence-corrected chi connectivity index (χ1v) is 8.48. The Morgan fingerprint density at radius 1 is 0.963 bits per heavy atom. The maximum Gasteiger partial charge on any atom is 0.262 e. The Bertz CT molecular complexity index is 959. The molecule has 0 aliphatic heterocycles. The van der Waals surface area contributed by atoms with Crippen LogP contribution in [-0.2, 0) is 4.79 Å². The van der Waals surface area contributed by atoms with Crippen LogP contribution in [0.25, 0.3) is 0 Å². The van der Waals surface area contributed by atoms with E-state index in [2.05, 4.69) is 5.32 Å². The molecule has 0 bridgehead atoms. The normalized spacial score (nSPS) is 10.3. The minimum absolute atomic E-state index is 0.257. The minimum atomic E-state index is -0.455. The van der Waals surface area contributed by atoms with Crippen LogP contribution in [0.2, 0.25) is 5.02 Å². The number of halogens is 2. The number of anilines is 1. The van der Waals surface area contributed by atoms with Gasteiger partial charge in [-0.25, -0.2) is 4.39 Å². The number of carbonyl (C=O) groups excluding carboxylic acids is 2. The summed E-state index contributed by atoms with van der Waals surface area (Å²) in [6, 6.07) is 18.7. The van der Waals surface area contributed by atoms with Gasteiger partial charge in [0, 0.05) is 16.1 Å². The summed E-state index contributed by atoms with van der Waals surface area (Å²) in [5.74, 6) is -0.739. The zero-order valence-electron chi connectivity index (χ0n) is 14.1. The first kappa shape index (κ1) is 18.6. The van der Waals surface area contributed by atoms with E-state index in [0.29, 0.717) is 22.0 Å². The molecule has 0 atom stereocenters. The Balaban J connectivity index is 1.73. The SMILES string of the molecule is O=C(COc1ccc(F)cc1)Nc1ccc(Cl)cc1C(=O)c1ccccc1. The van der Waals surface area contributed by atoms with Crippen molar-refractivity contribution >= 4 is 29.0 Å². The van der Waals surface area contributed by atoms with E-state index in [-0.39, 0.29) is 18.0 Å². The predicted octanol–water partition coefficient (Wildman–Crippen LogP) is 4.73. The highest BCUT2D eigenvalue weighted by Gasteiger charge is 2.16. The van der Waals surface area contributed by atoms with Gasteiger partial charge in [-0.1, -0.05) is 41.9 Å². The van der Waals surface area contributed by atoms with Crippen molar-refractivity contribution < 1.29 is 18.7 Å². The fraction of sp³-hybridized carbons (Fsp3) is 0.0476. The molecule has 0 aliphatic rings. The predicted molar refractivity (Wildman–Crippen MR) is 102 cm³/mol. The summed E-state index contributed by atoms with van der Waals surface area (Å²) < 4.78 is 18.2. The van der Waals surface area contributed by atoms with Gasteiger partial charge < -0.3 is 10.1 Å². The molecule has 0 aromatic heterocycles. The molecule has 3 aromatic rings. The third kappa shape index (κ3) is 4.92. The van der Waals surface area contributed by atoms with Crippen molar-refractivity contribution in [3.8, 4) is 5.75 Å². The second kappa shape index (κ2) is 8.47. The third-order valence-electron chi connectivity index (χ3n) is 3.72. The van der Waals surface area contributed by atoms with E-state index >= 15 is 0 Å². The highest BCUT2D eigenvalue weighted by molar-refractivity contribution is 6.31. The fourth-order valence-electron chi connectivity index (χ4n) is 2.42. The van der Waals surface area contributed by atoms with E-state index in [1.54, 1.807) is 36.4 Å². The summed E-state index contributed by atoms with van der Waals surface area (Å²) in [7, 11) is 0. The van der Waals surface area contributed by atoms with Gasteiger partial charge >= 0.3 is 0 Å². The van der Waals surface area contributed by atoms with E-state index in [9.17, 15) is 14.0 Å². The van der Waals surface area contributed by atoms with Crippen LogP contribution in [0, 0.1) is 5.82 Å². The molecule has 0 fully saturated rings. The Hall–Kier alpha value is -3.18. The highest BCUT2D eigenvalue weighted by Crippen LogP contribution is 2.24. The zero-order chi connectivity index (χ0) is 19.2. The molecule has 0 unspecified atom stereocenters. The second-order valence-electron chi connectivity index (χ2n) is 5.68. The van der Waals surface area contributed by atoms with Gasteiger partial charge in [-0.2, -0.15) is 0 Å². The lowest BCUT2D eigenvalue weighted by atomic mass is 10.0. The molecule has 136 valence electrons. The molecule has 0 saturated carbocycles. The van der Waals surface area contributed by atoms with Gasteiger partial charge in [-0.05, 0) is 42.5 Å². The van der Waals surface area contributed by atoms with Crippen LogP contribution in [-0.4, -0.2) is 18.3 Å². The van der Waals surface area contributed by atoms with Crippen molar-refractivity contribution in [2.75, 3.05) is 11.9 Å². The van der Waals surface area contributed by atoms with Crippen molar-refractivity contribution in [1.29, 1.82) is 0 Å². The smallest absolute Gasteiger partial charge is 0.262 e. The van der Waals surface area contributed by atoms with Crippen molar-refractivity contribution in [1.82, 2.24) is 0 Å². The van der Waals surface area contributed by atoms with Gasteiger partial charge in [0.05, 0.1) is 5.69 Å². The molecule has 1 amide bonds. The van der Waals surface area contributed by atoms with E-state index in [0.717, 1.165) is 0 Å². The summed E-state index contributed by atoms with van der Waals surface area (Å²) >= 11 is 6.02. The van der Waals surface area contributed by atoms with E-state index in [1.807, 2.05) is 6.07 Å². The molecule has 3 aromatic carbocycles. The van der Waals surface area contributed by atoms with Crippen molar-refractivity contribution in [2.24, 2.45) is 0 Å². The van der Waals surface area contributed by atoms with Crippen LogP contribution in [0.1, 0.15) is 15.9 Å². The summed E-state index contributed by atoms with van der Waals surface area (Å²) in [5.41, 5.74) is 1.10. The Morgan fingerprint density at radius 3 is 2.37 bits per heavy atom. The lowest BCUT2D eigenvalue weighted by molar-refractivity contribution is -0.118. The number of carbonyl (C=O) groups is 2. The van der Waals surface area contributed by atoms with E-state index < -0.39 is 11.7 Å². The number of amides is 1. The molecule has 0 spiro atoms. The Labute approximate surface area is 160 Å². The fourth-order valence-corrected chi connectivity index (χ4v) is 2.60. The number of rotatable bonds is 6. The standard InChI is InChI=1S/C21H15ClFNO3/c22-15-6-11-19(18(12-15)21(26)14-4-2-1-3-5-14)24-20(25)13-27-17-9-7-16(23)8-10-17/h1-12H,13H2,(H,24,25). The molecule has 6 heteroatoms. The lowest BCUT2D eigenvalue weighted by Crippen LogP contribution is -2.21. The van der Waals surface area contributed by atoms with Crippen molar-refractivity contribution in [3.05, 3.63) is 94.8 Å². The van der Waals surface area contributed by atoms with Crippen molar-refractivity contribution in [2.45, 2.75) is 0 Å². The van der Waals surface area contributed by atoms with Gasteiger partial charge in [0.15, 0.2) is 12.4 Å². The van der Waals surface area contributed by atoms with Gasteiger partial charge in [-0.3, -0.25) is 9.59 Å². The zero-order valence-corrected chi connectivity index (χ0v) is 14.9. The number of nitrogens with one attached hydrogen (secondary N) is 1. The molecule has 0 saturated heterocycles. The Morgan fingerprint density at radius 2 is 1.67 bits per heavy atom. The first-order chi connectivity index (χ1) is 13.0. The molecule has 0 radical (unpaired) electrons. The van der Waals surface area contributed by atoms with Gasteiger partial charge in [0.2, 0.25) is 0 Å². The van der Waals surface area contributed by atoms with Gasteiger partial charge in [-0.15, -0.1) is 0 Å². The number of hydrogen-bond acceptors (Lipinski definition) is 3. The maximum absolute atomic E-state index is 12.9. The minimum Gasteiger partial charge on any atom is -0.484 e. The quantitative estimate of drug-likeness (QED) is 0.626. The summed E-state index contributed by atoms with van der Waals surface area (Å²) in [6.07, 6.45) is 0. The largest absolute Gasteiger partial charge is 0.484 e. The summed E-state index contributed by atoms with van der Waals surface area (Å²) in [4.78, 5) is 24.9. The van der Waals surface area contributed by atoms with Crippen LogP contribution in [0.4, 0.5) is 10.1 Å². The molecule has 0 aliphatic carbocycles. The van der Waals surface area contributed by atoms with Crippen LogP contribution in [0.15, 0.2) is 72.8 Å². The molecule has 4 nitrogen and oxygen atoms in total. The maximum atomic E-state index is 12.9. The van der Waals surface area contributed by atoms with Crippen LogP contribution < -0.4 is 10.1 Å². The number of hydrogen-bond donors (Lipinski definition) is 1.